The van der Waals surface area contributed by atoms with Gasteiger partial charge in [-0.05, 0) is 32.0 Å². The highest BCUT2D eigenvalue weighted by Crippen LogP contribution is 2.30. The highest BCUT2D eigenvalue weighted by Gasteiger charge is 2.33. The third-order valence-corrected chi connectivity index (χ3v) is 6.24. The van der Waals surface area contributed by atoms with E-state index in [0.717, 1.165) is 12.1 Å². The van der Waals surface area contributed by atoms with Crippen LogP contribution in [0, 0.1) is 17.1 Å². The van der Waals surface area contributed by atoms with Crippen molar-refractivity contribution in [3.8, 4) is 11.8 Å². The summed E-state index contributed by atoms with van der Waals surface area (Å²) < 4.78 is 57.0. The Hall–Kier alpha value is -3.65. The lowest BCUT2D eigenvalue weighted by Crippen LogP contribution is -2.56. The summed E-state index contributed by atoms with van der Waals surface area (Å²) in [5.74, 6) is -1.38. The first-order valence-corrected chi connectivity index (χ1v) is 10.9. The molecule has 1 aliphatic rings. The summed E-state index contributed by atoms with van der Waals surface area (Å²) in [6.07, 6.45) is -4.89. The van der Waals surface area contributed by atoms with Gasteiger partial charge in [0.15, 0.2) is 0 Å². The molecule has 2 aromatic heterocycles. The smallest absolute Gasteiger partial charge is 0.406 e. The number of ether oxygens (including phenoxy) is 1. The maximum absolute atomic E-state index is 14.5. The Morgan fingerprint density at radius 3 is 2.54 bits per heavy atom. The average molecular weight is 489 g/mol. The van der Waals surface area contributed by atoms with Crippen LogP contribution in [0.4, 0.5) is 23.2 Å². The number of hydrogen-bond donors (Lipinski definition) is 0. The molecule has 3 heterocycles. The Morgan fingerprint density at radius 2 is 1.89 bits per heavy atom. The van der Waals surface area contributed by atoms with E-state index in [1.54, 1.807) is 19.2 Å². The topological polar surface area (TPSA) is 74.4 Å². The number of aryl methyl sites for hydroxylation is 1. The number of nitrogens with zero attached hydrogens (tertiary/aromatic N) is 5. The van der Waals surface area contributed by atoms with E-state index in [1.165, 1.54) is 16.7 Å². The molecule has 0 aliphatic carbocycles. The van der Waals surface area contributed by atoms with Gasteiger partial charge < -0.3 is 14.2 Å². The number of halogens is 4. The van der Waals surface area contributed by atoms with Crippen LogP contribution in [0.5, 0.6) is 5.75 Å². The van der Waals surface area contributed by atoms with Gasteiger partial charge in [-0.1, -0.05) is 6.07 Å². The van der Waals surface area contributed by atoms with Gasteiger partial charge in [0.25, 0.3) is 5.56 Å². The molecule has 11 heteroatoms. The molecule has 1 saturated heterocycles. The largest absolute Gasteiger partial charge is 0.573 e. The zero-order valence-corrected chi connectivity index (χ0v) is 19.3. The zero-order chi connectivity index (χ0) is 25.5. The van der Waals surface area contributed by atoms with Gasteiger partial charge in [0.2, 0.25) is 0 Å². The Kier molecular flexibility index (Phi) is 6.42. The molecule has 1 aliphatic heterocycles. The summed E-state index contributed by atoms with van der Waals surface area (Å²) in [5, 5.41) is 9.29. The summed E-state index contributed by atoms with van der Waals surface area (Å²) in [4.78, 5) is 21.1. The number of nitriles is 1. The van der Waals surface area contributed by atoms with Crippen LogP contribution >= 0.6 is 0 Å². The van der Waals surface area contributed by atoms with Crippen LogP contribution in [0.25, 0.3) is 11.0 Å². The number of fused-ring (bicyclic) bond motifs is 1. The van der Waals surface area contributed by atoms with E-state index in [1.807, 2.05) is 24.8 Å². The molecule has 184 valence electrons. The van der Waals surface area contributed by atoms with E-state index in [2.05, 4.69) is 14.6 Å². The van der Waals surface area contributed by atoms with E-state index in [0.29, 0.717) is 29.8 Å². The van der Waals surface area contributed by atoms with Crippen molar-refractivity contribution in [2.45, 2.75) is 38.8 Å². The normalized spacial score (nSPS) is 19.1. The van der Waals surface area contributed by atoms with Gasteiger partial charge in [-0.2, -0.15) is 5.26 Å². The van der Waals surface area contributed by atoms with E-state index < -0.39 is 17.9 Å². The summed E-state index contributed by atoms with van der Waals surface area (Å²) in [5.41, 5.74) is 2.07. The minimum Gasteiger partial charge on any atom is -0.406 e. The van der Waals surface area contributed by atoms with Crippen LogP contribution in [0.3, 0.4) is 0 Å². The minimum absolute atomic E-state index is 0.0741. The van der Waals surface area contributed by atoms with Crippen molar-refractivity contribution in [3.63, 3.8) is 0 Å². The number of piperazine rings is 1. The lowest BCUT2D eigenvalue weighted by Gasteiger charge is -2.45. The Bertz CT molecular complexity index is 1360. The van der Waals surface area contributed by atoms with Gasteiger partial charge in [0.1, 0.15) is 28.8 Å². The van der Waals surface area contributed by atoms with E-state index in [9.17, 15) is 27.6 Å². The van der Waals surface area contributed by atoms with Gasteiger partial charge in [-0.15, -0.1) is 13.2 Å². The predicted molar refractivity (Wildman–Crippen MR) is 121 cm³/mol. The summed E-state index contributed by atoms with van der Waals surface area (Å²) in [6.45, 7) is 5.13. The van der Waals surface area contributed by atoms with Crippen LogP contribution in [0.1, 0.15) is 25.1 Å². The Balaban J connectivity index is 1.58. The van der Waals surface area contributed by atoms with Gasteiger partial charge in [-0.3, -0.25) is 9.69 Å². The fourth-order valence-electron chi connectivity index (χ4n) is 4.42. The molecule has 7 nitrogen and oxygen atoms in total. The molecule has 1 aromatic carbocycles. The maximum atomic E-state index is 14.5. The van der Waals surface area contributed by atoms with Crippen LogP contribution in [0.2, 0.25) is 0 Å². The lowest BCUT2D eigenvalue weighted by atomic mass is 10.0. The number of rotatable bonds is 4. The molecule has 0 amide bonds. The fraction of sp³-hybridized carbons (Fsp3) is 0.375. The van der Waals surface area contributed by atoms with Crippen LogP contribution in [-0.2, 0) is 13.6 Å². The molecule has 0 radical (unpaired) electrons. The third-order valence-electron chi connectivity index (χ3n) is 6.24. The second-order valence-corrected chi connectivity index (χ2v) is 8.68. The van der Waals surface area contributed by atoms with Gasteiger partial charge in [0.05, 0.1) is 11.2 Å². The molecular weight excluding hydrogens is 466 g/mol. The first-order chi connectivity index (χ1) is 16.5. The second kappa shape index (κ2) is 9.19. The monoisotopic (exact) mass is 489 g/mol. The van der Waals surface area contributed by atoms with Crippen molar-refractivity contribution in [3.05, 3.63) is 63.8 Å². The number of aromatic nitrogens is 2. The number of alkyl halides is 3. The van der Waals surface area contributed by atoms with Crippen LogP contribution < -0.4 is 15.2 Å². The molecule has 3 aromatic rings. The highest BCUT2D eigenvalue weighted by atomic mass is 19.4. The number of benzene rings is 1. The molecule has 0 unspecified atom stereocenters. The number of pyridine rings is 2. The van der Waals surface area contributed by atoms with E-state index in [-0.39, 0.29) is 35.4 Å². The van der Waals surface area contributed by atoms with Gasteiger partial charge >= 0.3 is 6.36 Å². The maximum Gasteiger partial charge on any atom is 0.573 e. The molecule has 35 heavy (non-hydrogen) atoms. The summed E-state index contributed by atoms with van der Waals surface area (Å²) in [7, 11) is 1.64. The first kappa shape index (κ1) is 24.5. The molecule has 2 atom stereocenters. The van der Waals surface area contributed by atoms with Gasteiger partial charge in [0, 0.05) is 56.5 Å². The second-order valence-electron chi connectivity index (χ2n) is 8.68. The SMILES string of the molecule is C[C@H]1CN(c2cc(=O)n(C)c3ccc(C#N)nc23)[C@@H](C)CN1Cc1ccc(OC(F)(F)F)cc1F. The summed E-state index contributed by atoms with van der Waals surface area (Å²) >= 11 is 0. The van der Waals surface area contributed by atoms with Crippen molar-refractivity contribution in [1.29, 1.82) is 5.26 Å². The molecule has 1 fully saturated rings. The van der Waals surface area contributed by atoms with Crippen molar-refractivity contribution in [2.24, 2.45) is 7.05 Å². The van der Waals surface area contributed by atoms with Crippen LogP contribution in [0.15, 0.2) is 41.2 Å². The molecule has 4 rings (SSSR count). The van der Waals surface area contributed by atoms with Crippen molar-refractivity contribution in [2.75, 3.05) is 18.0 Å². The van der Waals surface area contributed by atoms with Gasteiger partial charge in [-0.25, -0.2) is 9.37 Å². The molecule has 0 spiro atoms. The van der Waals surface area contributed by atoms with Crippen molar-refractivity contribution >= 4 is 16.7 Å². The quantitative estimate of drug-likeness (QED) is 0.517. The van der Waals surface area contributed by atoms with Crippen molar-refractivity contribution < 1.29 is 22.3 Å². The third kappa shape index (κ3) is 5.07. The summed E-state index contributed by atoms with van der Waals surface area (Å²) in [6, 6.07) is 9.76. The Morgan fingerprint density at radius 1 is 1.14 bits per heavy atom. The molecule has 0 saturated carbocycles. The number of hydrogen-bond acceptors (Lipinski definition) is 6. The Labute approximate surface area is 198 Å². The molecule has 0 bridgehead atoms. The van der Waals surface area contributed by atoms with E-state index in [4.69, 9.17) is 0 Å². The number of anilines is 1. The highest BCUT2D eigenvalue weighted by molar-refractivity contribution is 5.89. The van der Waals surface area contributed by atoms with E-state index >= 15 is 0 Å². The fourth-order valence-corrected chi connectivity index (χ4v) is 4.42. The van der Waals surface area contributed by atoms with Crippen LogP contribution in [-0.4, -0.2) is 46.0 Å². The molecule has 0 N–H and O–H groups in total. The lowest BCUT2D eigenvalue weighted by molar-refractivity contribution is -0.274. The predicted octanol–water partition coefficient (Wildman–Crippen LogP) is 3.94. The average Bonchev–Trinajstić information content (AvgIpc) is 2.79. The molecular formula is C24H23F4N5O2. The standard InChI is InChI=1S/C24H23F4N5O2/c1-14-12-33(21-9-22(34)31(3)20-7-5-17(10-29)30-23(20)21)15(2)11-32(14)13-16-4-6-18(8-19(16)25)35-24(26,27)28/h4-9,14-15H,11-13H2,1-3H3/t14-,15-/m0/s1. The zero-order valence-electron chi connectivity index (χ0n) is 19.3. The first-order valence-electron chi connectivity index (χ1n) is 10.9. The minimum atomic E-state index is -4.89. The van der Waals surface area contributed by atoms with Crippen molar-refractivity contribution in [1.82, 2.24) is 14.5 Å².